The lowest BCUT2D eigenvalue weighted by atomic mass is 10.0. The van der Waals surface area contributed by atoms with Gasteiger partial charge in [0, 0.05) is 21.4 Å². The van der Waals surface area contributed by atoms with Crippen LogP contribution in [0.1, 0.15) is 11.1 Å². The Labute approximate surface area is 165 Å². The van der Waals surface area contributed by atoms with Crippen LogP contribution in [-0.4, -0.2) is 26.0 Å². The Bertz CT molecular complexity index is 1330. The van der Waals surface area contributed by atoms with Crippen molar-refractivity contribution in [1.82, 2.24) is 15.2 Å². The van der Waals surface area contributed by atoms with E-state index in [1.54, 1.807) is 18.3 Å². The van der Waals surface area contributed by atoms with Crippen molar-refractivity contribution in [1.29, 1.82) is 0 Å². The summed E-state index contributed by atoms with van der Waals surface area (Å²) < 4.78 is 0. The molecule has 5 nitrogen and oxygen atoms in total. The molecule has 136 valence electrons. The number of H-pyrrole nitrogens is 2. The summed E-state index contributed by atoms with van der Waals surface area (Å²) in [6, 6.07) is 21.1. The smallest absolute Gasteiger partial charge is 0.199 e. The summed E-state index contributed by atoms with van der Waals surface area (Å²) in [7, 11) is 0. The van der Waals surface area contributed by atoms with E-state index in [9.17, 15) is 5.11 Å². The Morgan fingerprint density at radius 1 is 0.964 bits per heavy atom. The van der Waals surface area contributed by atoms with Gasteiger partial charge in [0.25, 0.3) is 0 Å². The third kappa shape index (κ3) is 2.82. The van der Waals surface area contributed by atoms with E-state index in [0.29, 0.717) is 16.3 Å². The van der Waals surface area contributed by atoms with Crippen LogP contribution in [0.25, 0.3) is 21.8 Å². The van der Waals surface area contributed by atoms with Crippen molar-refractivity contribution in [2.75, 3.05) is 0 Å². The lowest BCUT2D eigenvalue weighted by molar-refractivity contribution is 0.457. The first-order valence-corrected chi connectivity index (χ1v) is 9.14. The molecule has 2 aromatic heterocycles. The fourth-order valence-corrected chi connectivity index (χ4v) is 3.55. The molecule has 0 amide bonds. The van der Waals surface area contributed by atoms with E-state index in [2.05, 4.69) is 15.2 Å². The van der Waals surface area contributed by atoms with E-state index in [1.807, 2.05) is 54.6 Å². The molecule has 6 heteroatoms. The monoisotopic (exact) mass is 386 g/mol. The molecule has 0 aliphatic rings. The van der Waals surface area contributed by atoms with E-state index in [4.69, 9.17) is 16.6 Å². The van der Waals surface area contributed by atoms with E-state index < -0.39 is 0 Å². The highest BCUT2D eigenvalue weighted by atomic mass is 35.5. The normalized spacial score (nSPS) is 12.1. The zero-order chi connectivity index (χ0) is 19.1. The SMILES string of the molecule is Oc1[nH]c2cc(Cl)ccc2c1C(=Nc1ccc2cn[nH]c2c1)c1ccccc1. The molecule has 0 fully saturated rings. The number of nitrogens with one attached hydrogen (secondary N) is 2. The number of nitrogens with zero attached hydrogens (tertiary/aromatic N) is 2. The average Bonchev–Trinajstić information content (AvgIpc) is 3.29. The summed E-state index contributed by atoms with van der Waals surface area (Å²) >= 11 is 6.11. The standard InChI is InChI=1S/C22H15ClN4O/c23-15-7-9-17-19(10-15)26-22(28)20(17)21(13-4-2-1-3-5-13)25-16-8-6-14-12-24-27-18(14)11-16/h1-12,26,28H,(H,24,27). The van der Waals surface area contributed by atoms with Gasteiger partial charge in [0.1, 0.15) is 0 Å². The topological polar surface area (TPSA) is 77.1 Å². The quantitative estimate of drug-likeness (QED) is 0.354. The zero-order valence-corrected chi connectivity index (χ0v) is 15.4. The van der Waals surface area contributed by atoms with Gasteiger partial charge in [-0.2, -0.15) is 5.10 Å². The zero-order valence-electron chi connectivity index (χ0n) is 14.6. The molecule has 5 aromatic rings. The summed E-state index contributed by atoms with van der Waals surface area (Å²) in [5.74, 6) is 0.0579. The molecular weight excluding hydrogens is 372 g/mol. The molecule has 0 saturated heterocycles. The third-order valence-electron chi connectivity index (χ3n) is 4.69. The summed E-state index contributed by atoms with van der Waals surface area (Å²) in [5.41, 5.74) is 4.64. The maximum absolute atomic E-state index is 10.7. The number of hydrogen-bond acceptors (Lipinski definition) is 3. The maximum atomic E-state index is 10.7. The molecule has 5 rings (SSSR count). The first-order chi connectivity index (χ1) is 13.7. The van der Waals surface area contributed by atoms with Gasteiger partial charge in [0.15, 0.2) is 5.88 Å². The van der Waals surface area contributed by atoms with Crippen LogP contribution in [0.3, 0.4) is 0 Å². The van der Waals surface area contributed by atoms with E-state index in [-0.39, 0.29) is 5.88 Å². The Morgan fingerprint density at radius 3 is 2.68 bits per heavy atom. The van der Waals surface area contributed by atoms with Gasteiger partial charge in [-0.15, -0.1) is 0 Å². The number of benzene rings is 3. The van der Waals surface area contributed by atoms with E-state index in [0.717, 1.165) is 33.1 Å². The third-order valence-corrected chi connectivity index (χ3v) is 4.93. The molecule has 0 bridgehead atoms. The van der Waals surface area contributed by atoms with Crippen LogP contribution in [0, 0.1) is 0 Å². The molecule has 2 heterocycles. The van der Waals surface area contributed by atoms with Gasteiger partial charge in [-0.1, -0.05) is 48.0 Å². The Balaban J connectivity index is 1.77. The molecule has 0 unspecified atom stereocenters. The number of rotatable bonds is 3. The van der Waals surface area contributed by atoms with Crippen molar-refractivity contribution >= 4 is 44.8 Å². The minimum absolute atomic E-state index is 0.0579. The molecule has 0 spiro atoms. The van der Waals surface area contributed by atoms with Gasteiger partial charge < -0.3 is 10.1 Å². The number of aromatic hydroxyl groups is 1. The fourth-order valence-electron chi connectivity index (χ4n) is 3.38. The van der Waals surface area contributed by atoms with Crippen LogP contribution < -0.4 is 0 Å². The Hall–Kier alpha value is -3.57. The van der Waals surface area contributed by atoms with Crippen molar-refractivity contribution in [3.63, 3.8) is 0 Å². The van der Waals surface area contributed by atoms with Crippen LogP contribution in [0.2, 0.25) is 5.02 Å². The van der Waals surface area contributed by atoms with E-state index >= 15 is 0 Å². The fraction of sp³-hybridized carbons (Fsp3) is 0. The number of aromatic nitrogens is 3. The van der Waals surface area contributed by atoms with Crippen molar-refractivity contribution in [3.05, 3.63) is 89.1 Å². The minimum atomic E-state index is 0.0579. The van der Waals surface area contributed by atoms with E-state index in [1.165, 1.54) is 0 Å². The molecule has 0 radical (unpaired) electrons. The van der Waals surface area contributed by atoms with Gasteiger partial charge in [0.2, 0.25) is 0 Å². The Morgan fingerprint density at radius 2 is 1.82 bits per heavy atom. The number of hydrogen-bond donors (Lipinski definition) is 3. The number of halogens is 1. The van der Waals surface area contributed by atoms with Gasteiger partial charge in [0.05, 0.1) is 34.2 Å². The second-order valence-electron chi connectivity index (χ2n) is 6.51. The van der Waals surface area contributed by atoms with Crippen LogP contribution in [0.5, 0.6) is 5.88 Å². The van der Waals surface area contributed by atoms with Crippen molar-refractivity contribution in [3.8, 4) is 5.88 Å². The summed E-state index contributed by atoms with van der Waals surface area (Å²) in [6.45, 7) is 0. The second kappa shape index (κ2) is 6.55. The molecular formula is C22H15ClN4O. The van der Waals surface area contributed by atoms with Crippen LogP contribution in [0.15, 0.2) is 77.9 Å². The van der Waals surface area contributed by atoms with Crippen molar-refractivity contribution in [2.24, 2.45) is 4.99 Å². The first kappa shape index (κ1) is 16.6. The largest absolute Gasteiger partial charge is 0.494 e. The van der Waals surface area contributed by atoms with Crippen LogP contribution in [-0.2, 0) is 0 Å². The number of aliphatic imine (C=N–C) groups is 1. The first-order valence-electron chi connectivity index (χ1n) is 8.77. The van der Waals surface area contributed by atoms with Crippen molar-refractivity contribution in [2.45, 2.75) is 0 Å². The lowest BCUT2D eigenvalue weighted by Gasteiger charge is -2.08. The maximum Gasteiger partial charge on any atom is 0.199 e. The highest BCUT2D eigenvalue weighted by Gasteiger charge is 2.18. The van der Waals surface area contributed by atoms with Gasteiger partial charge in [-0.05, 0) is 30.3 Å². The molecule has 0 atom stereocenters. The predicted octanol–water partition coefficient (Wildman–Crippen LogP) is 5.57. The molecule has 0 aliphatic carbocycles. The minimum Gasteiger partial charge on any atom is -0.494 e. The molecule has 3 aromatic carbocycles. The number of fused-ring (bicyclic) bond motifs is 2. The molecule has 0 saturated carbocycles. The Kier molecular flexibility index (Phi) is 3.88. The van der Waals surface area contributed by atoms with Gasteiger partial charge >= 0.3 is 0 Å². The van der Waals surface area contributed by atoms with Gasteiger partial charge in [-0.25, -0.2) is 4.99 Å². The van der Waals surface area contributed by atoms with Crippen LogP contribution in [0.4, 0.5) is 5.69 Å². The molecule has 0 aliphatic heterocycles. The highest BCUT2D eigenvalue weighted by Crippen LogP contribution is 2.33. The molecule has 28 heavy (non-hydrogen) atoms. The second-order valence-corrected chi connectivity index (χ2v) is 6.94. The average molecular weight is 387 g/mol. The van der Waals surface area contributed by atoms with Crippen molar-refractivity contribution < 1.29 is 5.11 Å². The summed E-state index contributed by atoms with van der Waals surface area (Å²) in [6.07, 6.45) is 1.77. The van der Waals surface area contributed by atoms with Crippen LogP contribution >= 0.6 is 11.6 Å². The highest BCUT2D eigenvalue weighted by molar-refractivity contribution is 6.31. The summed E-state index contributed by atoms with van der Waals surface area (Å²) in [5, 5.41) is 20.2. The molecule has 3 N–H and O–H groups in total. The van der Waals surface area contributed by atoms with Gasteiger partial charge in [-0.3, -0.25) is 5.10 Å². The lowest BCUT2D eigenvalue weighted by Crippen LogP contribution is -2.02. The summed E-state index contributed by atoms with van der Waals surface area (Å²) in [4.78, 5) is 7.89. The predicted molar refractivity (Wildman–Crippen MR) is 113 cm³/mol. The number of aromatic amines is 2.